The third-order valence-electron chi connectivity index (χ3n) is 3.87. The third kappa shape index (κ3) is 3.76. The Labute approximate surface area is 144 Å². The van der Waals surface area contributed by atoms with E-state index < -0.39 is 16.6 Å². The van der Waals surface area contributed by atoms with Crippen molar-refractivity contribution in [1.29, 1.82) is 0 Å². The lowest BCUT2D eigenvalue weighted by Crippen LogP contribution is -2.16. The highest BCUT2D eigenvalue weighted by Crippen LogP contribution is 2.30. The van der Waals surface area contributed by atoms with Crippen LogP contribution in [-0.2, 0) is 4.74 Å². The van der Waals surface area contributed by atoms with E-state index in [0.29, 0.717) is 18.0 Å². The van der Waals surface area contributed by atoms with Crippen molar-refractivity contribution in [3.05, 3.63) is 44.5 Å². The van der Waals surface area contributed by atoms with Gasteiger partial charge in [0.2, 0.25) is 5.82 Å². The number of carbonyl (C=O) groups excluding carboxylic acids is 1. The topological polar surface area (TPSA) is 120 Å². The van der Waals surface area contributed by atoms with E-state index in [1.54, 1.807) is 6.92 Å². The molecule has 2 rings (SSSR count). The molecule has 0 aromatic carbocycles. The number of hydrogen-bond donors (Lipinski definition) is 1. The summed E-state index contributed by atoms with van der Waals surface area (Å²) < 4.78 is 9.79. The number of carbonyl (C=O) groups is 1. The second kappa shape index (κ2) is 7.29. The van der Waals surface area contributed by atoms with Crippen molar-refractivity contribution in [3.8, 4) is 0 Å². The Bertz CT molecular complexity index is 796. The molecule has 1 N–H and O–H groups in total. The van der Waals surface area contributed by atoms with E-state index in [1.807, 2.05) is 20.8 Å². The highest BCUT2D eigenvalue weighted by atomic mass is 16.6. The van der Waals surface area contributed by atoms with Crippen LogP contribution in [0.5, 0.6) is 0 Å². The van der Waals surface area contributed by atoms with Crippen LogP contribution in [0.3, 0.4) is 0 Å². The van der Waals surface area contributed by atoms with E-state index >= 15 is 0 Å². The molecule has 0 aliphatic heterocycles. The number of nitrogens with one attached hydrogen (secondary N) is 1. The van der Waals surface area contributed by atoms with Crippen LogP contribution < -0.4 is 5.32 Å². The van der Waals surface area contributed by atoms with Gasteiger partial charge >= 0.3 is 11.7 Å². The predicted molar refractivity (Wildman–Crippen MR) is 89.8 cm³/mol. The average molecular weight is 348 g/mol. The van der Waals surface area contributed by atoms with E-state index in [2.05, 4.69) is 20.2 Å². The van der Waals surface area contributed by atoms with E-state index in [9.17, 15) is 14.9 Å². The van der Waals surface area contributed by atoms with Crippen LogP contribution in [0, 0.1) is 30.9 Å². The smallest absolute Gasteiger partial charge is 0.345 e. The number of ether oxygens (including phenoxy) is 1. The molecule has 134 valence electrons. The molecular formula is C16H20N4O5. The van der Waals surface area contributed by atoms with Crippen LogP contribution >= 0.6 is 0 Å². The molecule has 0 amide bonds. The van der Waals surface area contributed by atoms with Crippen LogP contribution in [0.25, 0.3) is 0 Å². The molecule has 0 aliphatic carbocycles. The minimum Gasteiger partial charge on any atom is -0.465 e. The maximum Gasteiger partial charge on any atom is 0.345 e. The number of esters is 1. The molecule has 9 heteroatoms. The molecule has 9 nitrogen and oxygen atoms in total. The first kappa shape index (κ1) is 18.4. The fraction of sp³-hybridized carbons (Fsp3) is 0.438. The Morgan fingerprint density at radius 3 is 2.64 bits per heavy atom. The molecule has 0 fully saturated rings. The number of rotatable bonds is 6. The second-order valence-electron chi connectivity index (χ2n) is 5.78. The SMILES string of the molecule is COC(=O)c1cc(C)nc(NCC(C)c2c(C)noc2C)c1[N+](=O)[O-]. The van der Waals surface area contributed by atoms with E-state index in [0.717, 1.165) is 11.3 Å². The Kier molecular flexibility index (Phi) is 5.35. The molecule has 0 radical (unpaired) electrons. The van der Waals surface area contributed by atoms with Crippen LogP contribution in [0.4, 0.5) is 11.5 Å². The number of anilines is 1. The molecule has 2 heterocycles. The van der Waals surface area contributed by atoms with Gasteiger partial charge in [-0.15, -0.1) is 0 Å². The number of methoxy groups -OCH3 is 1. The van der Waals surface area contributed by atoms with Crippen LogP contribution in [-0.4, -0.2) is 34.7 Å². The number of aromatic nitrogens is 2. The first-order valence-corrected chi connectivity index (χ1v) is 7.67. The summed E-state index contributed by atoms with van der Waals surface area (Å²) in [7, 11) is 1.18. The van der Waals surface area contributed by atoms with Crippen molar-refractivity contribution in [2.45, 2.75) is 33.6 Å². The van der Waals surface area contributed by atoms with Crippen molar-refractivity contribution in [2.75, 3.05) is 19.0 Å². The van der Waals surface area contributed by atoms with Gasteiger partial charge in [-0.3, -0.25) is 10.1 Å². The van der Waals surface area contributed by atoms with Gasteiger partial charge in [0.05, 0.1) is 17.7 Å². The lowest BCUT2D eigenvalue weighted by atomic mass is 9.99. The van der Waals surface area contributed by atoms with Gasteiger partial charge in [0.1, 0.15) is 11.3 Å². The predicted octanol–water partition coefficient (Wildman–Crippen LogP) is 2.91. The molecule has 2 aromatic rings. The number of nitro groups is 1. The van der Waals surface area contributed by atoms with Gasteiger partial charge in [0.25, 0.3) is 0 Å². The quantitative estimate of drug-likeness (QED) is 0.480. The molecule has 0 bridgehead atoms. The Balaban J connectivity index is 2.34. The number of hydrogen-bond acceptors (Lipinski definition) is 8. The fourth-order valence-corrected chi connectivity index (χ4v) is 2.79. The van der Waals surface area contributed by atoms with Crippen molar-refractivity contribution in [2.24, 2.45) is 0 Å². The summed E-state index contributed by atoms with van der Waals surface area (Å²) in [6.45, 7) is 7.61. The average Bonchev–Trinajstić information content (AvgIpc) is 2.89. The standard InChI is InChI=1S/C16H20N4O5/c1-8(13-10(3)19-25-11(13)4)7-17-15-14(20(22)23)12(16(21)24-5)6-9(2)18-15/h6,8H,7H2,1-5H3,(H,17,18). The van der Waals surface area contributed by atoms with Gasteiger partial charge in [-0.25, -0.2) is 9.78 Å². The summed E-state index contributed by atoms with van der Waals surface area (Å²) >= 11 is 0. The molecule has 1 atom stereocenters. The normalized spacial score (nSPS) is 11.9. The first-order valence-electron chi connectivity index (χ1n) is 7.67. The summed E-state index contributed by atoms with van der Waals surface area (Å²) in [5.74, 6) is -0.0634. The number of nitrogens with zero attached hydrogens (tertiary/aromatic N) is 3. The Morgan fingerprint density at radius 1 is 1.44 bits per heavy atom. The van der Waals surface area contributed by atoms with Crippen LogP contribution in [0.15, 0.2) is 10.6 Å². The molecule has 1 unspecified atom stereocenters. The van der Waals surface area contributed by atoms with Gasteiger partial charge in [-0.05, 0) is 26.8 Å². The number of aryl methyl sites for hydroxylation is 3. The highest BCUT2D eigenvalue weighted by molar-refractivity contribution is 5.96. The van der Waals surface area contributed by atoms with Crippen LogP contribution in [0.2, 0.25) is 0 Å². The molecule has 0 aliphatic rings. The summed E-state index contributed by atoms with van der Waals surface area (Å²) in [4.78, 5) is 26.8. The van der Waals surface area contributed by atoms with Crippen molar-refractivity contribution < 1.29 is 19.0 Å². The zero-order valence-corrected chi connectivity index (χ0v) is 14.7. The van der Waals surface area contributed by atoms with E-state index in [4.69, 9.17) is 4.52 Å². The zero-order chi connectivity index (χ0) is 18.7. The first-order chi connectivity index (χ1) is 11.8. The van der Waals surface area contributed by atoms with Crippen molar-refractivity contribution >= 4 is 17.5 Å². The molecule has 0 saturated carbocycles. The van der Waals surface area contributed by atoms with Gasteiger partial charge in [-0.2, -0.15) is 0 Å². The monoisotopic (exact) mass is 348 g/mol. The number of pyridine rings is 1. The molecular weight excluding hydrogens is 328 g/mol. The largest absolute Gasteiger partial charge is 0.465 e. The lowest BCUT2D eigenvalue weighted by Gasteiger charge is -2.14. The summed E-state index contributed by atoms with van der Waals surface area (Å²) in [6, 6.07) is 1.34. The van der Waals surface area contributed by atoms with Gasteiger partial charge in [0.15, 0.2) is 0 Å². The molecule has 2 aromatic heterocycles. The minimum absolute atomic E-state index is 0.0188. The second-order valence-corrected chi connectivity index (χ2v) is 5.78. The maximum atomic E-state index is 11.9. The maximum absolute atomic E-state index is 11.9. The molecule has 0 spiro atoms. The Hall–Kier alpha value is -2.97. The van der Waals surface area contributed by atoms with E-state index in [1.165, 1.54) is 13.2 Å². The third-order valence-corrected chi connectivity index (χ3v) is 3.87. The summed E-state index contributed by atoms with van der Waals surface area (Å²) in [5, 5.41) is 18.3. The van der Waals surface area contributed by atoms with E-state index in [-0.39, 0.29) is 17.3 Å². The van der Waals surface area contributed by atoms with Gasteiger partial charge < -0.3 is 14.6 Å². The van der Waals surface area contributed by atoms with Crippen molar-refractivity contribution in [1.82, 2.24) is 10.1 Å². The summed E-state index contributed by atoms with van der Waals surface area (Å²) in [6.07, 6.45) is 0. The van der Waals surface area contributed by atoms with Gasteiger partial charge in [0, 0.05) is 23.7 Å². The summed E-state index contributed by atoms with van der Waals surface area (Å²) in [5.41, 5.74) is 1.65. The Morgan fingerprint density at radius 2 is 2.12 bits per heavy atom. The lowest BCUT2D eigenvalue weighted by molar-refractivity contribution is -0.384. The molecule has 0 saturated heterocycles. The molecule has 25 heavy (non-hydrogen) atoms. The zero-order valence-electron chi connectivity index (χ0n) is 14.7. The minimum atomic E-state index is -0.779. The highest BCUT2D eigenvalue weighted by Gasteiger charge is 2.28. The van der Waals surface area contributed by atoms with Crippen LogP contribution in [0.1, 0.15) is 45.9 Å². The fourth-order valence-electron chi connectivity index (χ4n) is 2.79. The van der Waals surface area contributed by atoms with Gasteiger partial charge in [-0.1, -0.05) is 12.1 Å². The van der Waals surface area contributed by atoms with Crippen molar-refractivity contribution in [3.63, 3.8) is 0 Å².